The van der Waals surface area contributed by atoms with Crippen molar-refractivity contribution in [1.82, 2.24) is 15.6 Å². The number of carbonyl (C=O) groups is 2. The molecule has 6 heteroatoms. The molecule has 3 N–H and O–H groups in total. The highest BCUT2D eigenvalue weighted by Crippen LogP contribution is 1.99. The van der Waals surface area contributed by atoms with Gasteiger partial charge in [0.15, 0.2) is 0 Å². The summed E-state index contributed by atoms with van der Waals surface area (Å²) >= 11 is 0. The Hall–Kier alpha value is -2.11. The molecule has 0 radical (unpaired) electrons. The van der Waals surface area contributed by atoms with Crippen LogP contribution >= 0.6 is 0 Å². The lowest BCUT2D eigenvalue weighted by molar-refractivity contribution is -0.137. The van der Waals surface area contributed by atoms with Crippen molar-refractivity contribution in [2.75, 3.05) is 0 Å². The van der Waals surface area contributed by atoms with Gasteiger partial charge in [0.1, 0.15) is 0 Å². The highest BCUT2D eigenvalue weighted by atomic mass is 16.4. The van der Waals surface area contributed by atoms with Crippen LogP contribution in [0.1, 0.15) is 31.0 Å². The molecule has 1 unspecified atom stereocenters. The molecule has 1 heterocycles. The van der Waals surface area contributed by atoms with Crippen LogP contribution in [0.4, 0.5) is 4.79 Å². The molecular formula is C13H19N3O3. The number of urea groups is 1. The Morgan fingerprint density at radius 2 is 2.16 bits per heavy atom. The summed E-state index contributed by atoms with van der Waals surface area (Å²) in [6.07, 6.45) is 2.17. The van der Waals surface area contributed by atoms with E-state index in [0.717, 1.165) is 11.3 Å². The summed E-state index contributed by atoms with van der Waals surface area (Å²) in [5.41, 5.74) is 1.84. The molecule has 0 aliphatic carbocycles. The molecule has 1 aromatic heterocycles. The van der Waals surface area contributed by atoms with Crippen molar-refractivity contribution in [3.05, 3.63) is 29.6 Å². The summed E-state index contributed by atoms with van der Waals surface area (Å²) in [5, 5.41) is 13.9. The number of amides is 2. The molecule has 1 aromatic rings. The second-order valence-corrected chi connectivity index (χ2v) is 4.47. The summed E-state index contributed by atoms with van der Waals surface area (Å²) in [6, 6.07) is 3.30. The molecular weight excluding hydrogens is 246 g/mol. The standard InChI is InChI=1S/C13H19N3O3/c1-9-3-5-11(7-14-9)8-15-13(19)16-10(2)4-6-12(17)18/h3,5,7,10H,4,6,8H2,1-2H3,(H,17,18)(H2,15,16,19). The molecule has 1 atom stereocenters. The van der Waals surface area contributed by atoms with E-state index in [1.807, 2.05) is 19.1 Å². The quantitative estimate of drug-likeness (QED) is 0.726. The molecule has 6 nitrogen and oxygen atoms in total. The molecule has 0 saturated carbocycles. The van der Waals surface area contributed by atoms with Crippen molar-refractivity contribution in [2.24, 2.45) is 0 Å². The SMILES string of the molecule is Cc1ccc(CNC(=O)NC(C)CCC(=O)O)cn1. The zero-order chi connectivity index (χ0) is 14.3. The Balaban J connectivity index is 2.27. The zero-order valence-corrected chi connectivity index (χ0v) is 11.1. The van der Waals surface area contributed by atoms with Gasteiger partial charge < -0.3 is 15.7 Å². The predicted octanol–water partition coefficient (Wildman–Crippen LogP) is 1.44. The van der Waals surface area contributed by atoms with Gasteiger partial charge in [0.2, 0.25) is 0 Å². The maximum Gasteiger partial charge on any atom is 0.315 e. The van der Waals surface area contributed by atoms with Gasteiger partial charge in [0, 0.05) is 30.9 Å². The molecule has 0 aromatic carbocycles. The summed E-state index contributed by atoms with van der Waals surface area (Å²) in [7, 11) is 0. The summed E-state index contributed by atoms with van der Waals surface area (Å²) in [6.45, 7) is 4.06. The lowest BCUT2D eigenvalue weighted by atomic mass is 10.2. The molecule has 0 spiro atoms. The Bertz CT molecular complexity index is 431. The van der Waals surface area contributed by atoms with Crippen LogP contribution in [0.3, 0.4) is 0 Å². The molecule has 0 aliphatic rings. The fraction of sp³-hybridized carbons (Fsp3) is 0.462. The number of aryl methyl sites for hydroxylation is 1. The average molecular weight is 265 g/mol. The number of nitrogens with zero attached hydrogens (tertiary/aromatic N) is 1. The largest absolute Gasteiger partial charge is 0.481 e. The predicted molar refractivity (Wildman–Crippen MR) is 70.7 cm³/mol. The fourth-order valence-electron chi connectivity index (χ4n) is 1.47. The maximum absolute atomic E-state index is 11.5. The van der Waals surface area contributed by atoms with Gasteiger partial charge in [-0.3, -0.25) is 9.78 Å². The van der Waals surface area contributed by atoms with E-state index in [1.165, 1.54) is 0 Å². The first-order chi connectivity index (χ1) is 8.97. The van der Waals surface area contributed by atoms with Crippen molar-refractivity contribution in [3.8, 4) is 0 Å². The Morgan fingerprint density at radius 3 is 2.74 bits per heavy atom. The number of carboxylic acid groups (broad SMARTS) is 1. The molecule has 104 valence electrons. The van der Waals surface area contributed by atoms with Crippen LogP contribution in [0.2, 0.25) is 0 Å². The Labute approximate surface area is 112 Å². The number of carboxylic acids is 1. The van der Waals surface area contributed by atoms with Gasteiger partial charge in [-0.05, 0) is 31.9 Å². The van der Waals surface area contributed by atoms with Crippen LogP contribution in [0.15, 0.2) is 18.3 Å². The van der Waals surface area contributed by atoms with Gasteiger partial charge in [-0.2, -0.15) is 0 Å². The molecule has 19 heavy (non-hydrogen) atoms. The minimum Gasteiger partial charge on any atom is -0.481 e. The van der Waals surface area contributed by atoms with Crippen molar-refractivity contribution >= 4 is 12.0 Å². The molecule has 0 bridgehead atoms. The van der Waals surface area contributed by atoms with Crippen molar-refractivity contribution < 1.29 is 14.7 Å². The molecule has 0 saturated heterocycles. The topological polar surface area (TPSA) is 91.3 Å². The minimum atomic E-state index is -0.861. The van der Waals surface area contributed by atoms with Crippen molar-refractivity contribution in [3.63, 3.8) is 0 Å². The zero-order valence-electron chi connectivity index (χ0n) is 11.1. The number of nitrogens with one attached hydrogen (secondary N) is 2. The number of rotatable bonds is 6. The van der Waals surface area contributed by atoms with E-state index in [-0.39, 0.29) is 18.5 Å². The summed E-state index contributed by atoms with van der Waals surface area (Å²) < 4.78 is 0. The number of aliphatic carboxylic acids is 1. The third-order valence-electron chi connectivity index (χ3n) is 2.59. The molecule has 2 amide bonds. The molecule has 0 fully saturated rings. The Morgan fingerprint density at radius 1 is 1.42 bits per heavy atom. The third kappa shape index (κ3) is 6.40. The number of hydrogen-bond donors (Lipinski definition) is 3. The van der Waals surface area contributed by atoms with Crippen LogP contribution < -0.4 is 10.6 Å². The summed E-state index contributed by atoms with van der Waals surface area (Å²) in [4.78, 5) is 26.1. The number of pyridine rings is 1. The maximum atomic E-state index is 11.5. The van der Waals surface area contributed by atoms with Gasteiger partial charge in [-0.15, -0.1) is 0 Å². The number of aromatic nitrogens is 1. The lowest BCUT2D eigenvalue weighted by Gasteiger charge is -2.13. The fourth-order valence-corrected chi connectivity index (χ4v) is 1.47. The smallest absolute Gasteiger partial charge is 0.315 e. The van der Waals surface area contributed by atoms with Gasteiger partial charge in [-0.1, -0.05) is 6.07 Å². The summed E-state index contributed by atoms with van der Waals surface area (Å²) in [5.74, 6) is -0.861. The highest BCUT2D eigenvalue weighted by molar-refractivity contribution is 5.74. The van der Waals surface area contributed by atoms with E-state index in [0.29, 0.717) is 13.0 Å². The minimum absolute atomic E-state index is 0.0450. The number of hydrogen-bond acceptors (Lipinski definition) is 3. The van der Waals surface area contributed by atoms with Crippen LogP contribution in [0.5, 0.6) is 0 Å². The third-order valence-corrected chi connectivity index (χ3v) is 2.59. The monoisotopic (exact) mass is 265 g/mol. The first kappa shape index (κ1) is 14.9. The Kier molecular flexibility index (Phi) is 5.78. The van der Waals surface area contributed by atoms with Crippen LogP contribution in [0.25, 0.3) is 0 Å². The number of carbonyl (C=O) groups excluding carboxylic acids is 1. The van der Waals surface area contributed by atoms with Gasteiger partial charge >= 0.3 is 12.0 Å². The van der Waals surface area contributed by atoms with Crippen LogP contribution in [-0.4, -0.2) is 28.1 Å². The van der Waals surface area contributed by atoms with Crippen molar-refractivity contribution in [2.45, 2.75) is 39.3 Å². The van der Waals surface area contributed by atoms with Gasteiger partial charge in [0.05, 0.1) is 0 Å². The average Bonchev–Trinajstić information content (AvgIpc) is 2.36. The normalized spacial score (nSPS) is 11.7. The van der Waals surface area contributed by atoms with Crippen LogP contribution in [-0.2, 0) is 11.3 Å². The van der Waals surface area contributed by atoms with Gasteiger partial charge in [-0.25, -0.2) is 4.79 Å². The molecule has 1 rings (SSSR count). The van der Waals surface area contributed by atoms with E-state index in [1.54, 1.807) is 13.1 Å². The van der Waals surface area contributed by atoms with E-state index in [4.69, 9.17) is 5.11 Å². The van der Waals surface area contributed by atoms with E-state index < -0.39 is 5.97 Å². The van der Waals surface area contributed by atoms with E-state index in [9.17, 15) is 9.59 Å². The molecule has 0 aliphatic heterocycles. The first-order valence-corrected chi connectivity index (χ1v) is 6.15. The first-order valence-electron chi connectivity index (χ1n) is 6.15. The second-order valence-electron chi connectivity index (χ2n) is 4.47. The van der Waals surface area contributed by atoms with E-state index >= 15 is 0 Å². The van der Waals surface area contributed by atoms with Crippen molar-refractivity contribution in [1.29, 1.82) is 0 Å². The highest BCUT2D eigenvalue weighted by Gasteiger charge is 2.08. The van der Waals surface area contributed by atoms with Gasteiger partial charge in [0.25, 0.3) is 0 Å². The van der Waals surface area contributed by atoms with E-state index in [2.05, 4.69) is 15.6 Å². The second kappa shape index (κ2) is 7.35. The lowest BCUT2D eigenvalue weighted by Crippen LogP contribution is -2.40. The van der Waals surface area contributed by atoms with Crippen LogP contribution in [0, 0.1) is 6.92 Å².